The van der Waals surface area contributed by atoms with E-state index in [1.165, 1.54) is 0 Å². The molecule has 2 aromatic heterocycles. The molecule has 2 aromatic carbocycles. The average Bonchev–Trinajstić information content (AvgIpc) is 3.21. The Morgan fingerprint density at radius 1 is 0.889 bits per heavy atom. The molecule has 5 rings (SSSR count). The number of carbonyl (C=O) groups excluding carboxylic acids is 1. The van der Waals surface area contributed by atoms with E-state index in [4.69, 9.17) is 0 Å². The van der Waals surface area contributed by atoms with Crippen LogP contribution in [0.3, 0.4) is 0 Å². The van der Waals surface area contributed by atoms with Gasteiger partial charge in [-0.05, 0) is 29.8 Å². The molecule has 1 unspecified atom stereocenters. The smallest absolute Gasteiger partial charge is 0.274 e. The molecule has 0 aliphatic carbocycles. The lowest BCUT2D eigenvalue weighted by molar-refractivity contribution is 0.0658. The fraction of sp³-hybridized carbons (Fsp3) is 0.136. The minimum Gasteiger partial charge on any atom is -0.348 e. The Bertz CT molecular complexity index is 1120. The number of aromatic nitrogens is 3. The summed E-state index contributed by atoms with van der Waals surface area (Å²) in [5.74, 6) is -0.0884. The van der Waals surface area contributed by atoms with Crippen molar-refractivity contribution in [1.82, 2.24) is 19.4 Å². The van der Waals surface area contributed by atoms with Crippen molar-refractivity contribution in [1.29, 1.82) is 0 Å². The van der Waals surface area contributed by atoms with Crippen LogP contribution in [0.1, 0.15) is 27.8 Å². The van der Waals surface area contributed by atoms with Gasteiger partial charge in [-0.3, -0.25) is 9.78 Å². The molecule has 3 heterocycles. The van der Waals surface area contributed by atoms with Crippen LogP contribution in [0.2, 0.25) is 0 Å². The molecule has 5 heteroatoms. The number of hydrogen-bond donors (Lipinski definition) is 0. The van der Waals surface area contributed by atoms with Crippen molar-refractivity contribution in [2.24, 2.45) is 0 Å². The summed E-state index contributed by atoms with van der Waals surface area (Å²) in [5, 5.41) is 0. The molecular formula is C22H18N4O. The van der Waals surface area contributed by atoms with Crippen LogP contribution < -0.4 is 0 Å². The summed E-state index contributed by atoms with van der Waals surface area (Å²) >= 11 is 0. The second kappa shape index (κ2) is 6.36. The summed E-state index contributed by atoms with van der Waals surface area (Å²) in [6, 6.07) is 21.8. The Hall–Kier alpha value is -3.47. The molecule has 1 amide bonds. The van der Waals surface area contributed by atoms with E-state index >= 15 is 0 Å². The monoisotopic (exact) mass is 354 g/mol. The van der Waals surface area contributed by atoms with Gasteiger partial charge in [0.05, 0.1) is 23.3 Å². The van der Waals surface area contributed by atoms with Crippen LogP contribution in [-0.4, -0.2) is 31.9 Å². The van der Waals surface area contributed by atoms with Crippen molar-refractivity contribution in [3.63, 3.8) is 0 Å². The molecular weight excluding hydrogens is 336 g/mol. The highest BCUT2D eigenvalue weighted by molar-refractivity contribution is 5.94. The van der Waals surface area contributed by atoms with Gasteiger partial charge in [-0.2, -0.15) is 0 Å². The molecule has 0 spiro atoms. The number of amides is 1. The molecule has 1 aliphatic heterocycles. The number of rotatable bonds is 2. The van der Waals surface area contributed by atoms with Crippen LogP contribution in [0.25, 0.3) is 11.0 Å². The lowest BCUT2D eigenvalue weighted by Gasteiger charge is -2.37. The minimum atomic E-state index is -0.129. The summed E-state index contributed by atoms with van der Waals surface area (Å²) in [7, 11) is 0. The lowest BCUT2D eigenvalue weighted by Crippen LogP contribution is -2.42. The summed E-state index contributed by atoms with van der Waals surface area (Å²) < 4.78 is 2.22. The quantitative estimate of drug-likeness (QED) is 0.552. The Morgan fingerprint density at radius 3 is 2.52 bits per heavy atom. The molecule has 0 saturated carbocycles. The van der Waals surface area contributed by atoms with Gasteiger partial charge in [-0.1, -0.05) is 42.5 Å². The number of para-hydroxylation sites is 2. The van der Waals surface area contributed by atoms with Crippen LogP contribution in [0.15, 0.2) is 79.1 Å². The van der Waals surface area contributed by atoms with Crippen LogP contribution in [0.4, 0.5) is 0 Å². The second-order valence-electron chi connectivity index (χ2n) is 6.68. The van der Waals surface area contributed by atoms with Gasteiger partial charge in [0.2, 0.25) is 0 Å². The van der Waals surface area contributed by atoms with Gasteiger partial charge < -0.3 is 9.47 Å². The third-order valence-electron chi connectivity index (χ3n) is 5.08. The fourth-order valence-electron chi connectivity index (χ4n) is 3.80. The molecule has 27 heavy (non-hydrogen) atoms. The predicted molar refractivity (Wildman–Crippen MR) is 103 cm³/mol. The summed E-state index contributed by atoms with van der Waals surface area (Å²) in [5.41, 5.74) is 4.13. The Labute approximate surface area is 156 Å². The fourth-order valence-corrected chi connectivity index (χ4v) is 3.80. The van der Waals surface area contributed by atoms with E-state index < -0.39 is 0 Å². The summed E-state index contributed by atoms with van der Waals surface area (Å²) in [4.78, 5) is 24.3. The van der Waals surface area contributed by atoms with Crippen molar-refractivity contribution < 1.29 is 4.79 Å². The molecule has 5 nitrogen and oxygen atoms in total. The first kappa shape index (κ1) is 15.8. The van der Waals surface area contributed by atoms with E-state index in [-0.39, 0.29) is 11.9 Å². The highest BCUT2D eigenvalue weighted by atomic mass is 16.2. The molecule has 4 aromatic rings. The van der Waals surface area contributed by atoms with E-state index in [0.29, 0.717) is 12.2 Å². The standard InChI is InChI=1S/C22H18N4O/c27-22(19-15-23-17-9-4-5-10-18(17)24-19)26-14-13-25-12-6-11-20(25)21(26)16-7-2-1-3-8-16/h1-12,15,21H,13-14H2. The Balaban J connectivity index is 1.58. The lowest BCUT2D eigenvalue weighted by atomic mass is 9.99. The van der Waals surface area contributed by atoms with Crippen LogP contribution >= 0.6 is 0 Å². The van der Waals surface area contributed by atoms with Gasteiger partial charge in [-0.15, -0.1) is 0 Å². The number of benzene rings is 2. The summed E-state index contributed by atoms with van der Waals surface area (Å²) in [6.45, 7) is 1.41. The van der Waals surface area contributed by atoms with Crippen LogP contribution in [0.5, 0.6) is 0 Å². The van der Waals surface area contributed by atoms with Gasteiger partial charge >= 0.3 is 0 Å². The van der Waals surface area contributed by atoms with Gasteiger partial charge in [0.1, 0.15) is 5.69 Å². The normalized spacial score (nSPS) is 16.3. The zero-order valence-corrected chi connectivity index (χ0v) is 14.7. The first-order valence-electron chi connectivity index (χ1n) is 9.04. The molecule has 0 bridgehead atoms. The van der Waals surface area contributed by atoms with Crippen molar-refractivity contribution in [3.8, 4) is 0 Å². The zero-order valence-electron chi connectivity index (χ0n) is 14.7. The zero-order chi connectivity index (χ0) is 18.2. The summed E-state index contributed by atoms with van der Waals surface area (Å²) in [6.07, 6.45) is 3.66. The van der Waals surface area contributed by atoms with Crippen molar-refractivity contribution in [3.05, 3.63) is 96.1 Å². The highest BCUT2D eigenvalue weighted by Gasteiger charge is 2.33. The van der Waals surface area contributed by atoms with E-state index in [1.54, 1.807) is 6.20 Å². The van der Waals surface area contributed by atoms with E-state index in [2.05, 4.69) is 38.9 Å². The predicted octanol–water partition coefficient (Wildman–Crippen LogP) is 3.68. The van der Waals surface area contributed by atoms with Gasteiger partial charge in [-0.25, -0.2) is 4.98 Å². The Morgan fingerprint density at radius 2 is 1.67 bits per heavy atom. The molecule has 0 N–H and O–H groups in total. The van der Waals surface area contributed by atoms with E-state index in [9.17, 15) is 4.79 Å². The molecule has 1 aliphatic rings. The van der Waals surface area contributed by atoms with E-state index in [0.717, 1.165) is 28.8 Å². The maximum absolute atomic E-state index is 13.4. The molecule has 0 fully saturated rings. The van der Waals surface area contributed by atoms with Crippen molar-refractivity contribution in [2.75, 3.05) is 6.54 Å². The number of nitrogens with zero attached hydrogens (tertiary/aromatic N) is 4. The first-order valence-corrected chi connectivity index (χ1v) is 9.04. The van der Waals surface area contributed by atoms with Gasteiger partial charge in [0.25, 0.3) is 5.91 Å². The number of carbonyl (C=O) groups is 1. The van der Waals surface area contributed by atoms with Crippen LogP contribution in [-0.2, 0) is 6.54 Å². The highest BCUT2D eigenvalue weighted by Crippen LogP contribution is 2.33. The third-order valence-corrected chi connectivity index (χ3v) is 5.08. The van der Waals surface area contributed by atoms with Crippen LogP contribution in [0, 0.1) is 0 Å². The molecule has 0 radical (unpaired) electrons. The molecule has 132 valence electrons. The second-order valence-corrected chi connectivity index (χ2v) is 6.68. The topological polar surface area (TPSA) is 51.0 Å². The molecule has 1 atom stereocenters. The third kappa shape index (κ3) is 2.68. The maximum Gasteiger partial charge on any atom is 0.274 e. The first-order chi connectivity index (χ1) is 13.3. The molecule has 0 saturated heterocycles. The SMILES string of the molecule is O=C(c1cnc2ccccc2n1)N1CCn2cccc2C1c1ccccc1. The average molecular weight is 354 g/mol. The maximum atomic E-state index is 13.4. The van der Waals surface area contributed by atoms with Crippen molar-refractivity contribution in [2.45, 2.75) is 12.6 Å². The largest absolute Gasteiger partial charge is 0.348 e. The number of hydrogen-bond acceptors (Lipinski definition) is 3. The number of fused-ring (bicyclic) bond motifs is 2. The van der Waals surface area contributed by atoms with Crippen molar-refractivity contribution >= 4 is 16.9 Å². The van der Waals surface area contributed by atoms with E-state index in [1.807, 2.05) is 53.4 Å². The van der Waals surface area contributed by atoms with Gasteiger partial charge in [0, 0.05) is 25.0 Å². The van der Waals surface area contributed by atoms with Gasteiger partial charge in [0.15, 0.2) is 0 Å². The Kier molecular flexibility index (Phi) is 3.71. The minimum absolute atomic E-state index is 0.0884.